The average Bonchev–Trinajstić information content (AvgIpc) is 2.41. The van der Waals surface area contributed by atoms with Crippen LogP contribution in [0.3, 0.4) is 0 Å². The molecule has 1 aromatic carbocycles. The molecule has 0 bridgehead atoms. The van der Waals surface area contributed by atoms with E-state index in [0.717, 1.165) is 18.5 Å². The third kappa shape index (κ3) is 3.95. The minimum Gasteiger partial charge on any atom is -0.480 e. The number of hydrogen-bond acceptors (Lipinski definition) is 5. The minimum absolute atomic E-state index is 0.0440. The molecular formula is C14H18BrN3O4. The van der Waals surface area contributed by atoms with Crippen LogP contribution in [-0.4, -0.2) is 46.1 Å². The Morgan fingerprint density at radius 2 is 2.23 bits per heavy atom. The molecule has 1 saturated carbocycles. The highest BCUT2D eigenvalue weighted by Gasteiger charge is 2.34. The van der Waals surface area contributed by atoms with Gasteiger partial charge in [0.05, 0.1) is 11.5 Å². The Morgan fingerprint density at radius 3 is 2.73 bits per heavy atom. The van der Waals surface area contributed by atoms with Crippen molar-refractivity contribution in [3.63, 3.8) is 0 Å². The van der Waals surface area contributed by atoms with E-state index in [1.807, 2.05) is 11.8 Å². The number of rotatable bonds is 7. The standard InChI is InChI=1S/C14H18BrN3O4/c1-2-17(8-14(19)20)11-5-9(6-11)16-13-4-3-10(18(21)22)7-12(13)15/h3-4,7,9,11,16H,2,5-6,8H2,1H3,(H,19,20). The molecule has 0 aliphatic heterocycles. The zero-order chi connectivity index (χ0) is 16.3. The zero-order valence-electron chi connectivity index (χ0n) is 12.2. The molecule has 1 fully saturated rings. The first-order valence-corrected chi connectivity index (χ1v) is 7.86. The van der Waals surface area contributed by atoms with Crippen LogP contribution in [0.5, 0.6) is 0 Å². The minimum atomic E-state index is -0.809. The second-order valence-electron chi connectivity index (χ2n) is 5.34. The second-order valence-corrected chi connectivity index (χ2v) is 6.20. The molecule has 0 unspecified atom stereocenters. The van der Waals surface area contributed by atoms with Crippen molar-refractivity contribution in [1.82, 2.24) is 4.90 Å². The molecule has 8 heteroatoms. The van der Waals surface area contributed by atoms with Crippen LogP contribution in [0.2, 0.25) is 0 Å². The lowest BCUT2D eigenvalue weighted by atomic mass is 9.85. The number of hydrogen-bond donors (Lipinski definition) is 2. The van der Waals surface area contributed by atoms with E-state index in [0.29, 0.717) is 11.0 Å². The number of carboxylic acid groups (broad SMARTS) is 1. The van der Waals surface area contributed by atoms with Gasteiger partial charge in [0.1, 0.15) is 0 Å². The fourth-order valence-electron chi connectivity index (χ4n) is 2.63. The van der Waals surface area contributed by atoms with E-state index < -0.39 is 10.9 Å². The second kappa shape index (κ2) is 7.06. The van der Waals surface area contributed by atoms with Crippen LogP contribution in [0.25, 0.3) is 0 Å². The Morgan fingerprint density at radius 1 is 1.55 bits per heavy atom. The lowest BCUT2D eigenvalue weighted by Crippen LogP contribution is -2.51. The fraction of sp³-hybridized carbons (Fsp3) is 0.500. The molecule has 0 saturated heterocycles. The fourth-order valence-corrected chi connectivity index (χ4v) is 3.11. The quantitative estimate of drug-likeness (QED) is 0.565. The number of aliphatic carboxylic acids is 1. The van der Waals surface area contributed by atoms with E-state index in [1.54, 1.807) is 6.07 Å². The number of benzene rings is 1. The molecule has 22 heavy (non-hydrogen) atoms. The molecule has 7 nitrogen and oxygen atoms in total. The van der Waals surface area contributed by atoms with Crippen molar-refractivity contribution in [2.24, 2.45) is 0 Å². The summed E-state index contributed by atoms with van der Waals surface area (Å²) < 4.78 is 0.656. The lowest BCUT2D eigenvalue weighted by molar-refractivity contribution is -0.384. The summed E-state index contributed by atoms with van der Waals surface area (Å²) in [5, 5.41) is 22.9. The SMILES string of the molecule is CCN(CC(=O)O)C1CC(Nc2ccc([N+](=O)[O-])cc2Br)C1. The summed E-state index contributed by atoms with van der Waals surface area (Å²) in [4.78, 5) is 23.0. The number of anilines is 1. The molecule has 1 aliphatic rings. The Labute approximate surface area is 136 Å². The molecule has 0 amide bonds. The van der Waals surface area contributed by atoms with Crippen molar-refractivity contribution >= 4 is 33.3 Å². The maximum absolute atomic E-state index is 10.8. The highest BCUT2D eigenvalue weighted by atomic mass is 79.9. The van der Waals surface area contributed by atoms with E-state index in [4.69, 9.17) is 5.11 Å². The smallest absolute Gasteiger partial charge is 0.317 e. The molecule has 0 spiro atoms. The van der Waals surface area contributed by atoms with E-state index in [1.165, 1.54) is 12.1 Å². The number of carboxylic acids is 1. The number of nitrogens with one attached hydrogen (secondary N) is 1. The Kier molecular flexibility index (Phi) is 5.36. The molecule has 0 aromatic heterocycles. The summed E-state index contributed by atoms with van der Waals surface area (Å²) in [6.07, 6.45) is 1.73. The van der Waals surface area contributed by atoms with Crippen molar-refractivity contribution in [2.45, 2.75) is 31.8 Å². The molecular weight excluding hydrogens is 354 g/mol. The molecule has 2 rings (SSSR count). The summed E-state index contributed by atoms with van der Waals surface area (Å²) in [6.45, 7) is 2.73. The van der Waals surface area contributed by atoms with Gasteiger partial charge in [-0.3, -0.25) is 19.8 Å². The summed E-state index contributed by atoms with van der Waals surface area (Å²) in [5.41, 5.74) is 0.859. The maximum Gasteiger partial charge on any atom is 0.317 e. The van der Waals surface area contributed by atoms with Gasteiger partial charge in [0.15, 0.2) is 0 Å². The molecule has 1 aromatic rings. The van der Waals surface area contributed by atoms with Crippen LogP contribution in [0.1, 0.15) is 19.8 Å². The van der Waals surface area contributed by atoms with E-state index in [2.05, 4.69) is 21.2 Å². The van der Waals surface area contributed by atoms with Gasteiger partial charge in [0.2, 0.25) is 0 Å². The first-order valence-electron chi connectivity index (χ1n) is 7.07. The number of nitrogens with zero attached hydrogens (tertiary/aromatic N) is 2. The zero-order valence-corrected chi connectivity index (χ0v) is 13.7. The maximum atomic E-state index is 10.8. The lowest BCUT2D eigenvalue weighted by Gasteiger charge is -2.42. The largest absolute Gasteiger partial charge is 0.480 e. The van der Waals surface area contributed by atoms with Gasteiger partial charge >= 0.3 is 5.97 Å². The van der Waals surface area contributed by atoms with Gasteiger partial charge in [0, 0.05) is 34.4 Å². The van der Waals surface area contributed by atoms with E-state index in [-0.39, 0.29) is 24.3 Å². The van der Waals surface area contributed by atoms with Crippen molar-refractivity contribution in [2.75, 3.05) is 18.4 Å². The van der Waals surface area contributed by atoms with Crippen molar-refractivity contribution in [3.05, 3.63) is 32.8 Å². The number of nitro groups is 1. The first-order chi connectivity index (χ1) is 10.4. The van der Waals surface area contributed by atoms with Gasteiger partial charge in [-0.15, -0.1) is 0 Å². The van der Waals surface area contributed by atoms with Crippen LogP contribution in [0, 0.1) is 10.1 Å². The van der Waals surface area contributed by atoms with Crippen LogP contribution in [0.4, 0.5) is 11.4 Å². The summed E-state index contributed by atoms with van der Waals surface area (Å²) in [5.74, 6) is -0.809. The first kappa shape index (κ1) is 16.7. The highest BCUT2D eigenvalue weighted by Crippen LogP contribution is 2.33. The number of non-ortho nitro benzene ring substituents is 1. The molecule has 0 heterocycles. The molecule has 0 atom stereocenters. The van der Waals surface area contributed by atoms with Gasteiger partial charge in [-0.1, -0.05) is 6.92 Å². The highest BCUT2D eigenvalue weighted by molar-refractivity contribution is 9.10. The summed E-state index contributed by atoms with van der Waals surface area (Å²) in [7, 11) is 0. The van der Waals surface area contributed by atoms with E-state index >= 15 is 0 Å². The van der Waals surface area contributed by atoms with Crippen LogP contribution >= 0.6 is 15.9 Å². The van der Waals surface area contributed by atoms with Crippen LogP contribution < -0.4 is 5.32 Å². The molecule has 120 valence electrons. The normalized spacial score (nSPS) is 20.5. The average molecular weight is 372 g/mol. The van der Waals surface area contributed by atoms with Crippen molar-refractivity contribution < 1.29 is 14.8 Å². The molecule has 0 radical (unpaired) electrons. The third-order valence-electron chi connectivity index (χ3n) is 3.90. The predicted octanol–water partition coefficient (Wildman–Crippen LogP) is 2.71. The van der Waals surface area contributed by atoms with Gasteiger partial charge in [-0.2, -0.15) is 0 Å². The number of nitro benzene ring substituents is 1. The number of carbonyl (C=O) groups is 1. The van der Waals surface area contributed by atoms with Gasteiger partial charge in [-0.25, -0.2) is 0 Å². The third-order valence-corrected chi connectivity index (χ3v) is 4.55. The van der Waals surface area contributed by atoms with E-state index in [9.17, 15) is 14.9 Å². The monoisotopic (exact) mass is 371 g/mol. The summed E-state index contributed by atoms with van der Waals surface area (Å²) >= 11 is 3.33. The Balaban J connectivity index is 1.90. The van der Waals surface area contributed by atoms with Crippen LogP contribution in [0.15, 0.2) is 22.7 Å². The Hall–Kier alpha value is -1.67. The predicted molar refractivity (Wildman–Crippen MR) is 86.1 cm³/mol. The molecule has 2 N–H and O–H groups in total. The van der Waals surface area contributed by atoms with Crippen LogP contribution in [-0.2, 0) is 4.79 Å². The number of likely N-dealkylation sites (N-methyl/N-ethyl adjacent to an activating group) is 1. The van der Waals surface area contributed by atoms with Gasteiger partial charge in [0.25, 0.3) is 5.69 Å². The van der Waals surface area contributed by atoms with Crippen molar-refractivity contribution in [3.8, 4) is 0 Å². The van der Waals surface area contributed by atoms with Gasteiger partial charge < -0.3 is 10.4 Å². The topological polar surface area (TPSA) is 95.7 Å². The van der Waals surface area contributed by atoms with Crippen molar-refractivity contribution in [1.29, 1.82) is 0 Å². The Bertz CT molecular complexity index is 575. The number of halogens is 1. The van der Waals surface area contributed by atoms with Gasteiger partial charge in [-0.05, 0) is 41.4 Å². The summed E-state index contributed by atoms with van der Waals surface area (Å²) in [6, 6.07) is 5.15. The molecule has 1 aliphatic carbocycles.